The fraction of sp³-hybridized carbons (Fsp3) is 0.455. The van der Waals surface area contributed by atoms with Crippen LogP contribution >= 0.6 is 0 Å². The highest BCUT2D eigenvalue weighted by Gasteiger charge is 2.39. The maximum absolute atomic E-state index is 9.44. The van der Waals surface area contributed by atoms with Crippen LogP contribution in [-0.2, 0) is 0 Å². The molecule has 1 aromatic carbocycles. The summed E-state index contributed by atoms with van der Waals surface area (Å²) in [5.41, 5.74) is 2.57. The highest BCUT2D eigenvalue weighted by Crippen LogP contribution is 2.42. The number of likely N-dealkylation sites (N-methyl/N-ethyl adjacent to an activating group) is 1. The van der Waals surface area contributed by atoms with Crippen molar-refractivity contribution in [3.8, 4) is 5.75 Å². The Labute approximate surface area is 83.3 Å². The average Bonchev–Trinajstić information content (AvgIpc) is 2.72. The second kappa shape index (κ2) is 2.64. The predicted octanol–water partition coefficient (Wildman–Crippen LogP) is 0.897. The summed E-state index contributed by atoms with van der Waals surface area (Å²) in [4.78, 5) is 2.28. The van der Waals surface area contributed by atoms with Gasteiger partial charge in [0.25, 0.3) is 0 Å². The van der Waals surface area contributed by atoms with E-state index in [1.807, 2.05) is 6.07 Å². The molecule has 0 radical (unpaired) electrons. The lowest BCUT2D eigenvalue weighted by molar-refractivity contribution is 0.475. The smallest absolute Gasteiger partial charge is 0.117 e. The number of fused-ring (bicyclic) bond motifs is 3. The summed E-state index contributed by atoms with van der Waals surface area (Å²) in [7, 11) is 2.11. The highest BCUT2D eigenvalue weighted by atomic mass is 16.3. The number of phenolic OH excluding ortho intramolecular Hbond substituents is 1. The number of nitrogens with zero attached hydrogens (tertiary/aromatic N) is 1. The SMILES string of the molecule is CN1c2cc(O)ccc2C2CNCC21. The molecule has 0 spiro atoms. The van der Waals surface area contributed by atoms with Crippen LogP contribution in [0.1, 0.15) is 11.5 Å². The Kier molecular flexibility index (Phi) is 1.53. The Morgan fingerprint density at radius 1 is 1.43 bits per heavy atom. The van der Waals surface area contributed by atoms with Gasteiger partial charge in [-0.25, -0.2) is 0 Å². The van der Waals surface area contributed by atoms with Crippen molar-refractivity contribution in [2.24, 2.45) is 0 Å². The first-order valence-electron chi connectivity index (χ1n) is 5.04. The first kappa shape index (κ1) is 8.12. The van der Waals surface area contributed by atoms with Crippen molar-refractivity contribution in [3.63, 3.8) is 0 Å². The molecule has 0 amide bonds. The molecule has 14 heavy (non-hydrogen) atoms. The number of nitrogens with one attached hydrogen (secondary N) is 1. The molecule has 0 aliphatic carbocycles. The van der Waals surface area contributed by atoms with Gasteiger partial charge in [0.15, 0.2) is 0 Å². The third-order valence-corrected chi connectivity index (χ3v) is 3.47. The molecule has 2 unspecified atom stereocenters. The molecular weight excluding hydrogens is 176 g/mol. The zero-order chi connectivity index (χ0) is 9.71. The minimum atomic E-state index is 0.364. The third kappa shape index (κ3) is 0.904. The van der Waals surface area contributed by atoms with Crippen LogP contribution in [0.2, 0.25) is 0 Å². The average molecular weight is 190 g/mol. The number of anilines is 1. The standard InChI is InChI=1S/C11H14N2O/c1-13-10-4-7(14)2-3-8(10)9-5-12-6-11(9)13/h2-4,9,11-12,14H,5-6H2,1H3. The number of benzene rings is 1. The lowest BCUT2D eigenvalue weighted by Crippen LogP contribution is -2.31. The van der Waals surface area contributed by atoms with E-state index >= 15 is 0 Å². The summed E-state index contributed by atoms with van der Waals surface area (Å²) in [6.07, 6.45) is 0. The van der Waals surface area contributed by atoms with Crippen LogP contribution < -0.4 is 10.2 Å². The van der Waals surface area contributed by atoms with Crippen LogP contribution in [0.15, 0.2) is 18.2 Å². The zero-order valence-electron chi connectivity index (χ0n) is 8.20. The molecule has 3 nitrogen and oxygen atoms in total. The van der Waals surface area contributed by atoms with Crippen LogP contribution in [0, 0.1) is 0 Å². The van der Waals surface area contributed by atoms with Gasteiger partial charge in [0.05, 0.1) is 0 Å². The summed E-state index contributed by atoms with van der Waals surface area (Å²) < 4.78 is 0. The van der Waals surface area contributed by atoms with E-state index in [0.717, 1.165) is 13.1 Å². The van der Waals surface area contributed by atoms with Gasteiger partial charge in [-0.05, 0) is 11.6 Å². The van der Waals surface area contributed by atoms with Crippen molar-refractivity contribution in [1.82, 2.24) is 5.32 Å². The van der Waals surface area contributed by atoms with Gasteiger partial charge in [-0.1, -0.05) is 6.07 Å². The fourth-order valence-electron chi connectivity index (χ4n) is 2.72. The maximum atomic E-state index is 9.44. The minimum Gasteiger partial charge on any atom is -0.508 e. The van der Waals surface area contributed by atoms with Gasteiger partial charge in [-0.15, -0.1) is 0 Å². The number of rotatable bonds is 0. The second-order valence-electron chi connectivity index (χ2n) is 4.19. The number of aromatic hydroxyl groups is 1. The third-order valence-electron chi connectivity index (χ3n) is 3.47. The molecule has 74 valence electrons. The summed E-state index contributed by atoms with van der Waals surface area (Å²) in [6, 6.07) is 6.28. The van der Waals surface area contributed by atoms with Crippen LogP contribution in [-0.4, -0.2) is 31.3 Å². The molecule has 3 heteroatoms. The summed E-state index contributed by atoms with van der Waals surface area (Å²) in [6.45, 7) is 2.11. The van der Waals surface area contributed by atoms with Gasteiger partial charge < -0.3 is 15.3 Å². The summed E-state index contributed by atoms with van der Waals surface area (Å²) in [5, 5.41) is 12.8. The van der Waals surface area contributed by atoms with E-state index in [1.54, 1.807) is 6.07 Å². The van der Waals surface area contributed by atoms with E-state index in [2.05, 4.69) is 23.3 Å². The molecule has 0 bridgehead atoms. The molecule has 2 aliphatic heterocycles. The van der Waals surface area contributed by atoms with Crippen LogP contribution in [0.3, 0.4) is 0 Å². The van der Waals surface area contributed by atoms with Crippen LogP contribution in [0.5, 0.6) is 5.75 Å². The molecule has 0 saturated carbocycles. The minimum absolute atomic E-state index is 0.364. The molecule has 2 heterocycles. The Morgan fingerprint density at radius 3 is 3.14 bits per heavy atom. The topological polar surface area (TPSA) is 35.5 Å². The number of hydrogen-bond acceptors (Lipinski definition) is 3. The molecule has 2 aliphatic rings. The first-order valence-corrected chi connectivity index (χ1v) is 5.04. The van der Waals surface area contributed by atoms with E-state index in [4.69, 9.17) is 0 Å². The van der Waals surface area contributed by atoms with Crippen molar-refractivity contribution in [2.45, 2.75) is 12.0 Å². The molecule has 2 N–H and O–H groups in total. The molecule has 1 fully saturated rings. The first-order chi connectivity index (χ1) is 6.77. The molecular formula is C11H14N2O. The molecule has 0 aromatic heterocycles. The Bertz CT molecular complexity index is 378. The maximum Gasteiger partial charge on any atom is 0.117 e. The largest absolute Gasteiger partial charge is 0.508 e. The zero-order valence-corrected chi connectivity index (χ0v) is 8.20. The van der Waals surface area contributed by atoms with E-state index in [9.17, 15) is 5.11 Å². The van der Waals surface area contributed by atoms with Gasteiger partial charge in [0.1, 0.15) is 5.75 Å². The number of hydrogen-bond donors (Lipinski definition) is 2. The van der Waals surface area contributed by atoms with Crippen molar-refractivity contribution in [1.29, 1.82) is 0 Å². The van der Waals surface area contributed by atoms with E-state index in [0.29, 0.717) is 17.7 Å². The fourth-order valence-corrected chi connectivity index (χ4v) is 2.72. The second-order valence-corrected chi connectivity index (χ2v) is 4.19. The lowest BCUT2D eigenvalue weighted by atomic mass is 9.98. The normalized spacial score (nSPS) is 29.1. The van der Waals surface area contributed by atoms with E-state index in [1.165, 1.54) is 11.3 Å². The molecule has 2 atom stereocenters. The summed E-state index contributed by atoms with van der Waals surface area (Å²) >= 11 is 0. The van der Waals surface area contributed by atoms with Crippen molar-refractivity contribution in [3.05, 3.63) is 23.8 Å². The van der Waals surface area contributed by atoms with Crippen molar-refractivity contribution < 1.29 is 5.11 Å². The van der Waals surface area contributed by atoms with Crippen LogP contribution in [0.25, 0.3) is 0 Å². The van der Waals surface area contributed by atoms with Crippen LogP contribution in [0.4, 0.5) is 5.69 Å². The number of phenols is 1. The highest BCUT2D eigenvalue weighted by molar-refractivity contribution is 5.64. The van der Waals surface area contributed by atoms with E-state index < -0.39 is 0 Å². The molecule has 1 aromatic rings. The molecule has 3 rings (SSSR count). The Hall–Kier alpha value is -1.22. The van der Waals surface area contributed by atoms with Gasteiger partial charge in [0, 0.05) is 43.9 Å². The molecule has 1 saturated heterocycles. The van der Waals surface area contributed by atoms with Crippen molar-refractivity contribution >= 4 is 5.69 Å². The quantitative estimate of drug-likeness (QED) is 0.638. The Balaban J connectivity index is 2.13. The van der Waals surface area contributed by atoms with E-state index in [-0.39, 0.29) is 0 Å². The van der Waals surface area contributed by atoms with Gasteiger partial charge in [-0.2, -0.15) is 0 Å². The van der Waals surface area contributed by atoms with Crippen molar-refractivity contribution in [2.75, 3.05) is 25.0 Å². The monoisotopic (exact) mass is 190 g/mol. The van der Waals surface area contributed by atoms with Gasteiger partial charge >= 0.3 is 0 Å². The van der Waals surface area contributed by atoms with Gasteiger partial charge in [-0.3, -0.25) is 0 Å². The summed E-state index contributed by atoms with van der Waals surface area (Å²) in [5.74, 6) is 0.971. The predicted molar refractivity (Wildman–Crippen MR) is 55.9 cm³/mol. The van der Waals surface area contributed by atoms with Gasteiger partial charge in [0.2, 0.25) is 0 Å². The Morgan fingerprint density at radius 2 is 2.29 bits per heavy atom. The lowest BCUT2D eigenvalue weighted by Gasteiger charge is -2.20.